The van der Waals surface area contributed by atoms with Gasteiger partial charge in [0.1, 0.15) is 0 Å². The summed E-state index contributed by atoms with van der Waals surface area (Å²) in [6.45, 7) is 0. The van der Waals surface area contributed by atoms with Crippen molar-refractivity contribution in [3.8, 4) is 0 Å². The Hall–Kier alpha value is -1.55. The van der Waals surface area contributed by atoms with Crippen molar-refractivity contribution < 1.29 is 35.7 Å². The van der Waals surface area contributed by atoms with Crippen LogP contribution in [0.15, 0.2) is 65.6 Å². The van der Waals surface area contributed by atoms with Crippen molar-refractivity contribution in [1.29, 1.82) is 0 Å². The first-order chi connectivity index (χ1) is 12.4. The van der Waals surface area contributed by atoms with E-state index in [4.69, 9.17) is 4.55 Å². The van der Waals surface area contributed by atoms with Crippen LogP contribution in [0.1, 0.15) is 23.7 Å². The Kier molecular flexibility index (Phi) is 6.62. The molecule has 0 aromatic heterocycles. The van der Waals surface area contributed by atoms with E-state index < -0.39 is 50.6 Å². The number of rotatable bonds is 8. The number of hydrogen-bond donors (Lipinski definition) is 3. The van der Waals surface area contributed by atoms with Crippen molar-refractivity contribution in [1.82, 2.24) is 0 Å². The summed E-state index contributed by atoms with van der Waals surface area (Å²) in [5, 5.41) is -1.24. The second-order valence-electron chi connectivity index (χ2n) is 5.89. The van der Waals surface area contributed by atoms with Gasteiger partial charge in [0.25, 0.3) is 10.1 Å². The standard InChI is InChI=1S/C16H19O8PS2/c17-25(18,19)16(27(22,23)24)12-11-15(13-7-3-1-4-8-13)26(20,21)14-9-5-2-6-10-14/h1-10,15-16H,11-12H2,(H2,17,18,19)(H,22,23,24). The second kappa shape index (κ2) is 8.22. The zero-order valence-corrected chi connectivity index (χ0v) is 16.5. The highest BCUT2D eigenvalue weighted by molar-refractivity contribution is 7.93. The van der Waals surface area contributed by atoms with Crippen molar-refractivity contribution in [3.63, 3.8) is 0 Å². The van der Waals surface area contributed by atoms with Crippen LogP contribution in [0.3, 0.4) is 0 Å². The molecule has 0 spiro atoms. The van der Waals surface area contributed by atoms with E-state index in [1.807, 2.05) is 0 Å². The Morgan fingerprint density at radius 3 is 1.74 bits per heavy atom. The Bertz CT molecular complexity index is 1010. The first kappa shape index (κ1) is 21.7. The van der Waals surface area contributed by atoms with Crippen molar-refractivity contribution in [2.24, 2.45) is 0 Å². The summed E-state index contributed by atoms with van der Waals surface area (Å²) in [7, 11) is -14.2. The lowest BCUT2D eigenvalue weighted by molar-refractivity contribution is 0.359. The Balaban J connectivity index is 2.45. The van der Waals surface area contributed by atoms with Crippen LogP contribution >= 0.6 is 7.60 Å². The van der Waals surface area contributed by atoms with E-state index >= 15 is 0 Å². The predicted molar refractivity (Wildman–Crippen MR) is 99.4 cm³/mol. The van der Waals surface area contributed by atoms with Crippen LogP contribution in [-0.2, 0) is 24.5 Å². The third-order valence-electron chi connectivity index (χ3n) is 4.01. The monoisotopic (exact) mass is 434 g/mol. The molecule has 8 nitrogen and oxygen atoms in total. The van der Waals surface area contributed by atoms with Crippen molar-refractivity contribution in [2.45, 2.75) is 28.0 Å². The van der Waals surface area contributed by atoms with E-state index in [0.29, 0.717) is 5.56 Å². The summed E-state index contributed by atoms with van der Waals surface area (Å²) >= 11 is 0. The van der Waals surface area contributed by atoms with Crippen LogP contribution in [0.4, 0.5) is 0 Å². The largest absolute Gasteiger partial charge is 0.346 e. The van der Waals surface area contributed by atoms with E-state index in [9.17, 15) is 31.2 Å². The van der Waals surface area contributed by atoms with E-state index in [1.165, 1.54) is 36.4 Å². The quantitative estimate of drug-likeness (QED) is 0.424. The van der Waals surface area contributed by atoms with Gasteiger partial charge in [0.15, 0.2) is 14.8 Å². The fourth-order valence-electron chi connectivity index (χ4n) is 2.73. The Morgan fingerprint density at radius 1 is 0.815 bits per heavy atom. The lowest BCUT2D eigenvalue weighted by Gasteiger charge is -2.21. The maximum absolute atomic E-state index is 13.0. The fourth-order valence-corrected chi connectivity index (χ4v) is 6.86. The molecular formula is C16H19O8PS2. The SMILES string of the molecule is O=P(O)(O)C(CCC(c1ccccc1)S(=O)(=O)c1ccccc1)S(=O)(=O)O. The van der Waals surface area contributed by atoms with Crippen molar-refractivity contribution >= 4 is 27.6 Å². The molecule has 2 aromatic carbocycles. The molecule has 2 aromatic rings. The zero-order chi connectivity index (χ0) is 20.3. The average Bonchev–Trinajstić information content (AvgIpc) is 2.58. The van der Waals surface area contributed by atoms with Gasteiger partial charge in [-0.25, -0.2) is 8.42 Å². The van der Waals surface area contributed by atoms with Gasteiger partial charge in [-0.2, -0.15) is 8.42 Å². The van der Waals surface area contributed by atoms with E-state index in [1.54, 1.807) is 24.3 Å². The van der Waals surface area contributed by atoms with Crippen LogP contribution in [0.25, 0.3) is 0 Å². The van der Waals surface area contributed by atoms with Gasteiger partial charge in [0, 0.05) is 0 Å². The molecule has 0 saturated carbocycles. The van der Waals surface area contributed by atoms with E-state index in [-0.39, 0.29) is 4.90 Å². The lowest BCUT2D eigenvalue weighted by atomic mass is 10.1. The van der Waals surface area contributed by atoms with Gasteiger partial charge in [0.05, 0.1) is 10.1 Å². The maximum Gasteiger partial charge on any atom is 0.346 e. The zero-order valence-electron chi connectivity index (χ0n) is 14.0. The summed E-state index contributed by atoms with van der Waals surface area (Å²) in [5.41, 5.74) is 0.348. The minimum absolute atomic E-state index is 0.00145. The first-order valence-electron chi connectivity index (χ1n) is 7.79. The molecule has 0 aliphatic heterocycles. The van der Waals surface area contributed by atoms with Gasteiger partial charge >= 0.3 is 7.60 Å². The highest BCUT2D eigenvalue weighted by Crippen LogP contribution is 2.47. The number of benzene rings is 2. The minimum Gasteiger partial charge on any atom is -0.323 e. The minimum atomic E-state index is -5.20. The summed E-state index contributed by atoms with van der Waals surface area (Å²) in [6, 6.07) is 15.4. The molecule has 2 rings (SSSR count). The molecule has 2 unspecified atom stereocenters. The van der Waals surface area contributed by atoms with Gasteiger partial charge in [-0.05, 0) is 30.5 Å². The predicted octanol–water partition coefficient (Wildman–Crippen LogP) is 2.37. The molecule has 27 heavy (non-hydrogen) atoms. The lowest BCUT2D eigenvalue weighted by Crippen LogP contribution is -2.23. The van der Waals surface area contributed by atoms with Gasteiger partial charge in [-0.3, -0.25) is 9.12 Å². The first-order valence-corrected chi connectivity index (χ1v) is 12.5. The summed E-state index contributed by atoms with van der Waals surface area (Å²) in [4.78, 5) is 16.1. The molecule has 0 aliphatic carbocycles. The van der Waals surface area contributed by atoms with Gasteiger partial charge in [0.2, 0.25) is 0 Å². The Labute approximate surface area is 157 Å². The van der Waals surface area contributed by atoms with Crippen LogP contribution in [0, 0.1) is 0 Å². The molecule has 0 radical (unpaired) electrons. The fraction of sp³-hybridized carbons (Fsp3) is 0.250. The van der Waals surface area contributed by atoms with Crippen LogP contribution in [0.5, 0.6) is 0 Å². The molecular weight excluding hydrogens is 415 g/mol. The summed E-state index contributed by atoms with van der Waals surface area (Å²) in [5.74, 6) is 0. The molecule has 2 atom stereocenters. The van der Waals surface area contributed by atoms with Crippen LogP contribution in [-0.4, -0.2) is 36.2 Å². The second-order valence-corrected chi connectivity index (χ2v) is 11.8. The molecule has 0 saturated heterocycles. The third-order valence-corrected chi connectivity index (χ3v) is 9.75. The number of hydrogen-bond acceptors (Lipinski definition) is 5. The van der Waals surface area contributed by atoms with Gasteiger partial charge in [-0.15, -0.1) is 0 Å². The maximum atomic E-state index is 13.0. The molecule has 0 bridgehead atoms. The average molecular weight is 434 g/mol. The molecule has 0 fully saturated rings. The summed E-state index contributed by atoms with van der Waals surface area (Å²) < 4.78 is 69.4. The topological polar surface area (TPSA) is 146 Å². The highest BCUT2D eigenvalue weighted by Gasteiger charge is 2.41. The third kappa shape index (κ3) is 5.47. The number of sulfone groups is 1. The van der Waals surface area contributed by atoms with Crippen molar-refractivity contribution in [2.75, 3.05) is 0 Å². The Morgan fingerprint density at radius 2 is 1.30 bits per heavy atom. The smallest absolute Gasteiger partial charge is 0.323 e. The highest BCUT2D eigenvalue weighted by atomic mass is 32.2. The molecule has 148 valence electrons. The van der Waals surface area contributed by atoms with Crippen LogP contribution < -0.4 is 0 Å². The summed E-state index contributed by atoms with van der Waals surface area (Å²) in [6.07, 6.45) is -1.13. The van der Waals surface area contributed by atoms with Gasteiger partial charge < -0.3 is 9.79 Å². The van der Waals surface area contributed by atoms with Gasteiger partial charge in [-0.1, -0.05) is 48.5 Å². The van der Waals surface area contributed by atoms with E-state index in [0.717, 1.165) is 0 Å². The molecule has 11 heteroatoms. The molecule has 3 N–H and O–H groups in total. The molecule has 0 amide bonds. The molecule has 0 heterocycles. The van der Waals surface area contributed by atoms with Crippen LogP contribution in [0.2, 0.25) is 0 Å². The molecule has 0 aliphatic rings. The van der Waals surface area contributed by atoms with E-state index in [2.05, 4.69) is 0 Å². The normalized spacial score (nSPS) is 15.2. The van der Waals surface area contributed by atoms with Crippen molar-refractivity contribution in [3.05, 3.63) is 66.2 Å².